The molecular formula is C18H28N6O2S. The summed E-state index contributed by atoms with van der Waals surface area (Å²) >= 11 is 1.43. The first-order valence-electron chi connectivity index (χ1n) is 9.77. The summed E-state index contributed by atoms with van der Waals surface area (Å²) in [5, 5.41) is 13.1. The first-order valence-corrected chi connectivity index (χ1v) is 10.7. The molecule has 1 aromatic rings. The van der Waals surface area contributed by atoms with E-state index in [1.807, 2.05) is 6.20 Å². The van der Waals surface area contributed by atoms with E-state index in [9.17, 15) is 5.11 Å². The molecule has 3 N–H and O–H groups in total. The number of imidazole rings is 1. The molecule has 0 aromatic carbocycles. The summed E-state index contributed by atoms with van der Waals surface area (Å²) in [7, 11) is 0. The topological polar surface area (TPSA) is 98.1 Å². The molecule has 4 rings (SSSR count). The average Bonchev–Trinajstić information content (AvgIpc) is 3.26. The molecule has 1 saturated carbocycles. The summed E-state index contributed by atoms with van der Waals surface area (Å²) in [6, 6.07) is 0. The van der Waals surface area contributed by atoms with Gasteiger partial charge in [-0.25, -0.2) is 4.98 Å². The van der Waals surface area contributed by atoms with Crippen LogP contribution in [0.3, 0.4) is 0 Å². The molecule has 0 bridgehead atoms. The first kappa shape index (κ1) is 18.8. The van der Waals surface area contributed by atoms with Crippen molar-refractivity contribution in [2.45, 2.75) is 43.6 Å². The molecule has 0 spiro atoms. The number of aliphatic hydroxyl groups excluding tert-OH is 1. The highest BCUT2D eigenvalue weighted by molar-refractivity contribution is 7.95. The Bertz CT molecular complexity index is 665. The number of aliphatic hydroxyl groups is 1. The summed E-state index contributed by atoms with van der Waals surface area (Å²) in [6.45, 7) is 3.45. The van der Waals surface area contributed by atoms with Crippen molar-refractivity contribution in [3.8, 4) is 0 Å². The molecule has 2 fully saturated rings. The van der Waals surface area contributed by atoms with Crippen molar-refractivity contribution < 1.29 is 9.29 Å². The third-order valence-corrected chi connectivity index (χ3v) is 6.15. The number of rotatable bonds is 3. The number of nitrogens with zero attached hydrogens (tertiary/aromatic N) is 4. The highest BCUT2D eigenvalue weighted by Gasteiger charge is 2.42. The lowest BCUT2D eigenvalue weighted by Crippen LogP contribution is -2.48. The highest BCUT2D eigenvalue weighted by atomic mass is 32.2. The summed E-state index contributed by atoms with van der Waals surface area (Å²) in [5.41, 5.74) is 0.941. The number of likely N-dealkylation sites (tertiary alicyclic amines) is 1. The second-order valence-corrected chi connectivity index (χ2v) is 8.24. The predicted octanol–water partition coefficient (Wildman–Crippen LogP) is 1.53. The number of H-pyrrole nitrogens is 1. The molecule has 0 amide bonds. The molecule has 0 radical (unpaired) electrons. The van der Waals surface area contributed by atoms with E-state index in [2.05, 4.69) is 20.2 Å². The van der Waals surface area contributed by atoms with Crippen LogP contribution in [0.25, 0.3) is 0 Å². The number of aromatic nitrogens is 2. The van der Waals surface area contributed by atoms with E-state index in [0.717, 1.165) is 63.5 Å². The molecular weight excluding hydrogens is 364 g/mol. The second-order valence-electron chi connectivity index (χ2n) is 7.48. The molecule has 148 valence electrons. The van der Waals surface area contributed by atoms with Crippen molar-refractivity contribution in [1.29, 1.82) is 0 Å². The Hall–Kier alpha value is -1.58. The van der Waals surface area contributed by atoms with Crippen LogP contribution in [0, 0.1) is 0 Å². The third kappa shape index (κ3) is 4.83. The van der Waals surface area contributed by atoms with Crippen molar-refractivity contribution in [1.82, 2.24) is 20.2 Å². The molecule has 1 aromatic heterocycles. The van der Waals surface area contributed by atoms with E-state index >= 15 is 0 Å². The SMILES string of the molecule is OCC1(N=C2CSOCCCN=C(N3CCC(c4cnc[nH]4)CC3)N2)CC1. The van der Waals surface area contributed by atoms with Crippen LogP contribution in [0.2, 0.25) is 0 Å². The van der Waals surface area contributed by atoms with Crippen LogP contribution in [0.1, 0.15) is 43.7 Å². The minimum Gasteiger partial charge on any atom is -0.394 e. The van der Waals surface area contributed by atoms with Crippen molar-refractivity contribution in [3.05, 3.63) is 18.2 Å². The molecule has 3 heterocycles. The zero-order valence-electron chi connectivity index (χ0n) is 15.6. The van der Waals surface area contributed by atoms with Gasteiger partial charge in [-0.2, -0.15) is 0 Å². The molecule has 2 aliphatic heterocycles. The number of piperidine rings is 1. The van der Waals surface area contributed by atoms with Gasteiger partial charge in [-0.15, -0.1) is 0 Å². The number of aromatic amines is 1. The zero-order chi connectivity index (χ0) is 18.5. The summed E-state index contributed by atoms with van der Waals surface area (Å²) < 4.78 is 5.59. The molecule has 1 saturated heterocycles. The quantitative estimate of drug-likeness (QED) is 0.675. The van der Waals surface area contributed by atoms with Crippen molar-refractivity contribution in [2.75, 3.05) is 38.6 Å². The predicted molar refractivity (Wildman–Crippen MR) is 107 cm³/mol. The average molecular weight is 393 g/mol. The van der Waals surface area contributed by atoms with Gasteiger partial charge in [-0.05, 0) is 44.1 Å². The lowest BCUT2D eigenvalue weighted by Gasteiger charge is -2.34. The van der Waals surface area contributed by atoms with Crippen LogP contribution in [-0.4, -0.2) is 75.9 Å². The molecule has 0 unspecified atom stereocenters. The molecule has 27 heavy (non-hydrogen) atoms. The number of hydrogen-bond donors (Lipinski definition) is 3. The molecule has 3 aliphatic rings. The molecule has 0 atom stereocenters. The lowest BCUT2D eigenvalue weighted by atomic mass is 9.94. The van der Waals surface area contributed by atoms with E-state index in [1.165, 1.54) is 17.7 Å². The Labute approximate surface area is 164 Å². The van der Waals surface area contributed by atoms with Gasteiger partial charge in [0, 0.05) is 37.4 Å². The number of guanidine groups is 1. The van der Waals surface area contributed by atoms with Crippen molar-refractivity contribution in [2.24, 2.45) is 9.98 Å². The van der Waals surface area contributed by atoms with Crippen molar-refractivity contribution >= 4 is 23.8 Å². The Morgan fingerprint density at radius 1 is 1.37 bits per heavy atom. The highest BCUT2D eigenvalue weighted by Crippen LogP contribution is 2.39. The van der Waals surface area contributed by atoms with Crippen LogP contribution in [-0.2, 0) is 4.18 Å². The van der Waals surface area contributed by atoms with Crippen LogP contribution >= 0.6 is 12.0 Å². The van der Waals surface area contributed by atoms with Gasteiger partial charge in [0.25, 0.3) is 0 Å². The normalized spacial score (nSPS) is 25.7. The molecule has 1 aliphatic carbocycles. The number of hydrogen-bond acceptors (Lipinski definition) is 7. The molecule has 9 heteroatoms. The van der Waals surface area contributed by atoms with E-state index in [4.69, 9.17) is 14.2 Å². The first-order chi connectivity index (χ1) is 13.3. The van der Waals surface area contributed by atoms with Gasteiger partial charge < -0.3 is 24.5 Å². The largest absolute Gasteiger partial charge is 0.394 e. The van der Waals surface area contributed by atoms with Gasteiger partial charge in [0.15, 0.2) is 5.96 Å². The van der Waals surface area contributed by atoms with Gasteiger partial charge >= 0.3 is 0 Å². The van der Waals surface area contributed by atoms with Gasteiger partial charge in [0.05, 0.1) is 30.8 Å². The standard InChI is InChI=1S/C18H28N6O2S/c25-12-18(4-5-18)23-16-11-27-26-9-1-6-20-17(22-16)24-7-2-14(3-8-24)15-10-19-13-21-15/h10,13-14,25H,1-9,11-12H2,(H,19,21)(H,20,22,23). The fourth-order valence-corrected chi connectivity index (χ4v) is 4.10. The minimum atomic E-state index is -0.286. The van der Waals surface area contributed by atoms with Gasteiger partial charge in [0.1, 0.15) is 5.84 Å². The van der Waals surface area contributed by atoms with E-state index < -0.39 is 0 Å². The van der Waals surface area contributed by atoms with Crippen LogP contribution in [0.15, 0.2) is 22.5 Å². The van der Waals surface area contributed by atoms with E-state index in [1.54, 1.807) is 6.33 Å². The molecule has 8 nitrogen and oxygen atoms in total. The Morgan fingerprint density at radius 2 is 2.22 bits per heavy atom. The van der Waals surface area contributed by atoms with E-state index in [0.29, 0.717) is 18.3 Å². The zero-order valence-corrected chi connectivity index (χ0v) is 16.4. The minimum absolute atomic E-state index is 0.103. The monoisotopic (exact) mass is 392 g/mol. The number of aliphatic imine (C=N–C) groups is 2. The summed E-state index contributed by atoms with van der Waals surface area (Å²) in [5.74, 6) is 2.94. The van der Waals surface area contributed by atoms with Gasteiger partial charge in [-0.1, -0.05) is 0 Å². The summed E-state index contributed by atoms with van der Waals surface area (Å²) in [4.78, 5) is 19.3. The van der Waals surface area contributed by atoms with Crippen LogP contribution in [0.5, 0.6) is 0 Å². The maximum absolute atomic E-state index is 9.63. The van der Waals surface area contributed by atoms with Crippen LogP contribution in [0.4, 0.5) is 0 Å². The second kappa shape index (κ2) is 8.62. The number of nitrogens with one attached hydrogen (secondary N) is 2. The lowest BCUT2D eigenvalue weighted by molar-refractivity contribution is 0.257. The fourth-order valence-electron chi connectivity index (χ4n) is 3.54. The Morgan fingerprint density at radius 3 is 2.93 bits per heavy atom. The maximum atomic E-state index is 9.63. The Balaban J connectivity index is 1.44. The number of amidine groups is 1. The Kier molecular flexibility index (Phi) is 5.99. The van der Waals surface area contributed by atoms with Gasteiger partial charge in [-0.3, -0.25) is 9.98 Å². The van der Waals surface area contributed by atoms with Gasteiger partial charge in [0.2, 0.25) is 0 Å². The van der Waals surface area contributed by atoms with Crippen molar-refractivity contribution in [3.63, 3.8) is 0 Å². The summed E-state index contributed by atoms with van der Waals surface area (Å²) in [6.07, 6.45) is 8.65. The maximum Gasteiger partial charge on any atom is 0.199 e. The third-order valence-electron chi connectivity index (χ3n) is 5.43. The van der Waals surface area contributed by atoms with Crippen LogP contribution < -0.4 is 5.32 Å². The van der Waals surface area contributed by atoms with E-state index in [-0.39, 0.29) is 12.1 Å². The smallest absolute Gasteiger partial charge is 0.199 e. The fraction of sp³-hybridized carbons (Fsp3) is 0.722.